The summed E-state index contributed by atoms with van der Waals surface area (Å²) in [6.45, 7) is 0.561. The number of thiophene rings is 1. The highest BCUT2D eigenvalue weighted by atomic mass is 32.1. The van der Waals surface area contributed by atoms with Crippen molar-refractivity contribution < 1.29 is 13.2 Å². The predicted molar refractivity (Wildman–Crippen MR) is 53.8 cm³/mol. The van der Waals surface area contributed by atoms with Crippen LogP contribution in [0.4, 0.5) is 13.2 Å². The van der Waals surface area contributed by atoms with Gasteiger partial charge in [-0.05, 0) is 18.9 Å². The highest BCUT2D eigenvalue weighted by Gasteiger charge is 2.31. The Bertz CT molecular complexity index is 328. The Morgan fingerprint density at radius 1 is 1.40 bits per heavy atom. The van der Waals surface area contributed by atoms with Crippen molar-refractivity contribution in [1.82, 2.24) is 5.32 Å². The second-order valence-corrected chi connectivity index (χ2v) is 4.80. The molecule has 1 fully saturated rings. The summed E-state index contributed by atoms with van der Waals surface area (Å²) >= 11 is 1.17. The average molecular weight is 235 g/mol. The SMILES string of the molecule is FC(F)(F)c1csc(CNC2CCC2)c1. The molecule has 15 heavy (non-hydrogen) atoms. The van der Waals surface area contributed by atoms with Crippen LogP contribution in [-0.4, -0.2) is 6.04 Å². The van der Waals surface area contributed by atoms with E-state index in [4.69, 9.17) is 0 Å². The molecule has 1 aliphatic rings. The van der Waals surface area contributed by atoms with Gasteiger partial charge in [0.25, 0.3) is 0 Å². The van der Waals surface area contributed by atoms with Gasteiger partial charge >= 0.3 is 6.18 Å². The molecular weight excluding hydrogens is 223 g/mol. The molecule has 2 rings (SSSR count). The van der Waals surface area contributed by atoms with Crippen molar-refractivity contribution in [3.05, 3.63) is 21.9 Å². The first-order valence-electron chi connectivity index (χ1n) is 4.94. The smallest absolute Gasteiger partial charge is 0.309 e. The van der Waals surface area contributed by atoms with E-state index in [9.17, 15) is 13.2 Å². The van der Waals surface area contributed by atoms with E-state index in [1.165, 1.54) is 29.2 Å². The van der Waals surface area contributed by atoms with Crippen LogP contribution in [0.3, 0.4) is 0 Å². The average Bonchev–Trinajstić information content (AvgIpc) is 2.48. The first-order chi connectivity index (χ1) is 7.05. The first-order valence-corrected chi connectivity index (χ1v) is 5.81. The minimum atomic E-state index is -4.20. The lowest BCUT2D eigenvalue weighted by molar-refractivity contribution is -0.137. The van der Waals surface area contributed by atoms with Crippen molar-refractivity contribution in [3.8, 4) is 0 Å². The topological polar surface area (TPSA) is 12.0 Å². The van der Waals surface area contributed by atoms with Crippen LogP contribution < -0.4 is 5.32 Å². The van der Waals surface area contributed by atoms with E-state index in [-0.39, 0.29) is 0 Å². The van der Waals surface area contributed by atoms with Gasteiger partial charge in [0.15, 0.2) is 0 Å². The van der Waals surface area contributed by atoms with Gasteiger partial charge in [0.2, 0.25) is 0 Å². The van der Waals surface area contributed by atoms with E-state index >= 15 is 0 Å². The van der Waals surface area contributed by atoms with Crippen molar-refractivity contribution in [2.75, 3.05) is 0 Å². The summed E-state index contributed by atoms with van der Waals surface area (Å²) < 4.78 is 36.8. The Balaban J connectivity index is 1.89. The second kappa shape index (κ2) is 4.14. The Labute approximate surface area is 90.3 Å². The number of hydrogen-bond donors (Lipinski definition) is 1. The van der Waals surface area contributed by atoms with E-state index in [1.54, 1.807) is 0 Å². The molecule has 1 N–H and O–H groups in total. The molecule has 0 aromatic carbocycles. The minimum Gasteiger partial charge on any atom is -0.309 e. The van der Waals surface area contributed by atoms with E-state index in [0.29, 0.717) is 12.6 Å². The molecule has 1 saturated carbocycles. The number of alkyl halides is 3. The number of hydrogen-bond acceptors (Lipinski definition) is 2. The number of nitrogens with one attached hydrogen (secondary N) is 1. The Hall–Kier alpha value is -0.550. The molecule has 1 aromatic heterocycles. The van der Waals surface area contributed by atoms with Crippen LogP contribution in [0, 0.1) is 0 Å². The zero-order chi connectivity index (χ0) is 10.9. The molecule has 84 valence electrons. The van der Waals surface area contributed by atoms with Crippen molar-refractivity contribution in [1.29, 1.82) is 0 Å². The van der Waals surface area contributed by atoms with E-state index in [2.05, 4.69) is 5.32 Å². The Morgan fingerprint density at radius 3 is 2.60 bits per heavy atom. The van der Waals surface area contributed by atoms with Gasteiger partial charge in [-0.25, -0.2) is 0 Å². The molecule has 0 spiro atoms. The van der Waals surface area contributed by atoms with Crippen LogP contribution in [0.25, 0.3) is 0 Å². The first kappa shape index (κ1) is 11.0. The minimum absolute atomic E-state index is 0.515. The molecule has 0 atom stereocenters. The molecule has 1 aliphatic carbocycles. The van der Waals surface area contributed by atoms with Crippen molar-refractivity contribution >= 4 is 11.3 Å². The fourth-order valence-electron chi connectivity index (χ4n) is 1.48. The third kappa shape index (κ3) is 2.72. The summed E-state index contributed by atoms with van der Waals surface area (Å²) in [5.41, 5.74) is -0.530. The van der Waals surface area contributed by atoms with Crippen LogP contribution in [0.5, 0.6) is 0 Å². The molecule has 0 aliphatic heterocycles. The van der Waals surface area contributed by atoms with Gasteiger partial charge in [0.1, 0.15) is 0 Å². The third-order valence-corrected chi connectivity index (χ3v) is 3.59. The Morgan fingerprint density at radius 2 is 2.13 bits per heavy atom. The van der Waals surface area contributed by atoms with E-state index < -0.39 is 11.7 Å². The zero-order valence-electron chi connectivity index (χ0n) is 8.10. The van der Waals surface area contributed by atoms with Crippen LogP contribution in [-0.2, 0) is 12.7 Å². The highest BCUT2D eigenvalue weighted by molar-refractivity contribution is 7.10. The van der Waals surface area contributed by atoms with Crippen LogP contribution >= 0.6 is 11.3 Å². The Kier molecular flexibility index (Phi) is 3.02. The largest absolute Gasteiger partial charge is 0.417 e. The van der Waals surface area contributed by atoms with Gasteiger partial charge in [-0.15, -0.1) is 11.3 Å². The number of rotatable bonds is 3. The van der Waals surface area contributed by atoms with Crippen LogP contribution in [0.15, 0.2) is 11.4 Å². The lowest BCUT2D eigenvalue weighted by Crippen LogP contribution is -2.34. The lowest BCUT2D eigenvalue weighted by atomic mass is 9.93. The molecule has 5 heteroatoms. The van der Waals surface area contributed by atoms with Crippen LogP contribution in [0.1, 0.15) is 29.7 Å². The monoisotopic (exact) mass is 235 g/mol. The lowest BCUT2D eigenvalue weighted by Gasteiger charge is -2.26. The van der Waals surface area contributed by atoms with Gasteiger partial charge < -0.3 is 5.32 Å². The maximum atomic E-state index is 12.3. The number of halogens is 3. The van der Waals surface area contributed by atoms with E-state index in [0.717, 1.165) is 17.7 Å². The summed E-state index contributed by atoms with van der Waals surface area (Å²) in [5, 5.41) is 4.42. The molecule has 0 saturated heterocycles. The maximum absolute atomic E-state index is 12.3. The molecule has 0 unspecified atom stereocenters. The molecule has 0 radical (unpaired) electrons. The maximum Gasteiger partial charge on any atom is 0.417 e. The van der Waals surface area contributed by atoms with Gasteiger partial charge in [0, 0.05) is 22.8 Å². The summed E-state index contributed by atoms with van der Waals surface area (Å²) in [6.07, 6.45) is -0.671. The molecule has 1 aromatic rings. The standard InChI is InChI=1S/C10H12F3NS/c11-10(12,13)7-4-9(15-6-7)5-14-8-2-1-3-8/h4,6,8,14H,1-3,5H2. The van der Waals surface area contributed by atoms with Crippen molar-refractivity contribution in [3.63, 3.8) is 0 Å². The molecule has 0 amide bonds. The molecule has 0 bridgehead atoms. The summed E-state index contributed by atoms with van der Waals surface area (Å²) in [6, 6.07) is 1.75. The fourth-order valence-corrected chi connectivity index (χ4v) is 2.32. The molecule has 1 heterocycles. The summed E-state index contributed by atoms with van der Waals surface area (Å²) in [5.74, 6) is 0. The molecule has 1 nitrogen and oxygen atoms in total. The predicted octanol–water partition coefficient (Wildman–Crippen LogP) is 3.41. The summed E-state index contributed by atoms with van der Waals surface area (Å²) in [4.78, 5) is 0.759. The third-order valence-electron chi connectivity index (χ3n) is 2.65. The molecular formula is C10H12F3NS. The van der Waals surface area contributed by atoms with Gasteiger partial charge in [-0.2, -0.15) is 13.2 Å². The van der Waals surface area contributed by atoms with Gasteiger partial charge in [-0.1, -0.05) is 6.42 Å². The van der Waals surface area contributed by atoms with Gasteiger partial charge in [0.05, 0.1) is 5.56 Å². The normalized spacial score (nSPS) is 17.8. The van der Waals surface area contributed by atoms with E-state index in [1.807, 2.05) is 0 Å². The van der Waals surface area contributed by atoms with Gasteiger partial charge in [-0.3, -0.25) is 0 Å². The quantitative estimate of drug-likeness (QED) is 0.846. The highest BCUT2D eigenvalue weighted by Crippen LogP contribution is 2.32. The second-order valence-electron chi connectivity index (χ2n) is 3.81. The summed E-state index contributed by atoms with van der Waals surface area (Å²) in [7, 11) is 0. The fraction of sp³-hybridized carbons (Fsp3) is 0.600. The van der Waals surface area contributed by atoms with Crippen molar-refractivity contribution in [2.45, 2.75) is 38.0 Å². The zero-order valence-corrected chi connectivity index (χ0v) is 8.92. The van der Waals surface area contributed by atoms with Crippen LogP contribution in [0.2, 0.25) is 0 Å². The van der Waals surface area contributed by atoms with Crippen molar-refractivity contribution in [2.24, 2.45) is 0 Å².